The standard InChI is InChI=1S/C14H24N2/c1-9(2)5-6-13-15-12-8-10(3)7-11(4)14(12)16-13/h9-11H,5-8H2,1-4H3,(H,15,16). The molecule has 1 aliphatic carbocycles. The zero-order valence-electron chi connectivity index (χ0n) is 11.0. The van der Waals surface area contributed by atoms with E-state index in [1.807, 2.05) is 0 Å². The number of aromatic nitrogens is 2. The van der Waals surface area contributed by atoms with Crippen LogP contribution in [0, 0.1) is 11.8 Å². The van der Waals surface area contributed by atoms with E-state index in [0.29, 0.717) is 5.92 Å². The fourth-order valence-corrected chi connectivity index (χ4v) is 2.73. The third kappa shape index (κ3) is 2.47. The summed E-state index contributed by atoms with van der Waals surface area (Å²) in [6.07, 6.45) is 4.82. The molecule has 2 rings (SSSR count). The van der Waals surface area contributed by atoms with Gasteiger partial charge in [-0.1, -0.05) is 27.7 Å². The molecular formula is C14H24N2. The number of nitrogens with one attached hydrogen (secondary N) is 1. The highest BCUT2D eigenvalue weighted by atomic mass is 14.9. The number of aryl methyl sites for hydroxylation is 1. The number of H-pyrrole nitrogens is 1. The predicted octanol–water partition coefficient (Wildman–Crippen LogP) is 3.68. The monoisotopic (exact) mass is 220 g/mol. The molecule has 16 heavy (non-hydrogen) atoms. The Morgan fingerprint density at radius 1 is 1.38 bits per heavy atom. The number of hydrogen-bond donors (Lipinski definition) is 1. The molecule has 0 saturated heterocycles. The highest BCUT2D eigenvalue weighted by Gasteiger charge is 2.24. The van der Waals surface area contributed by atoms with Gasteiger partial charge in [-0.2, -0.15) is 0 Å². The maximum Gasteiger partial charge on any atom is 0.106 e. The van der Waals surface area contributed by atoms with Gasteiger partial charge in [0.2, 0.25) is 0 Å². The normalized spacial score (nSPS) is 24.8. The van der Waals surface area contributed by atoms with Crippen LogP contribution in [-0.4, -0.2) is 9.97 Å². The Bertz CT molecular complexity index is 352. The van der Waals surface area contributed by atoms with Crippen LogP contribution in [0.3, 0.4) is 0 Å². The first-order valence-electron chi connectivity index (χ1n) is 6.64. The Hall–Kier alpha value is -0.790. The molecule has 1 N–H and O–H groups in total. The van der Waals surface area contributed by atoms with E-state index < -0.39 is 0 Å². The molecule has 0 aliphatic heterocycles. The molecule has 1 aliphatic rings. The molecule has 2 atom stereocenters. The maximum absolute atomic E-state index is 4.78. The molecule has 0 amide bonds. The van der Waals surface area contributed by atoms with Crippen LogP contribution in [0.25, 0.3) is 0 Å². The van der Waals surface area contributed by atoms with Crippen molar-refractivity contribution in [3.05, 3.63) is 17.2 Å². The quantitative estimate of drug-likeness (QED) is 0.827. The van der Waals surface area contributed by atoms with Gasteiger partial charge in [0.1, 0.15) is 5.82 Å². The van der Waals surface area contributed by atoms with Crippen molar-refractivity contribution < 1.29 is 0 Å². The van der Waals surface area contributed by atoms with Crippen LogP contribution in [-0.2, 0) is 12.8 Å². The number of rotatable bonds is 3. The molecule has 2 nitrogen and oxygen atoms in total. The SMILES string of the molecule is CC(C)CCc1nc2c([nH]1)CC(C)CC2C. The second kappa shape index (κ2) is 4.60. The van der Waals surface area contributed by atoms with E-state index in [4.69, 9.17) is 4.98 Å². The van der Waals surface area contributed by atoms with Crippen molar-refractivity contribution in [1.29, 1.82) is 0 Å². The third-order valence-electron chi connectivity index (χ3n) is 3.59. The van der Waals surface area contributed by atoms with E-state index in [1.165, 1.54) is 36.5 Å². The van der Waals surface area contributed by atoms with Crippen molar-refractivity contribution >= 4 is 0 Å². The molecule has 1 aromatic heterocycles. The lowest BCUT2D eigenvalue weighted by atomic mass is 9.84. The summed E-state index contributed by atoms with van der Waals surface area (Å²) in [5, 5.41) is 0. The average Bonchev–Trinajstić information content (AvgIpc) is 2.57. The molecule has 0 aromatic carbocycles. The lowest BCUT2D eigenvalue weighted by Crippen LogP contribution is -2.14. The number of aromatic amines is 1. The second-order valence-electron chi connectivity index (χ2n) is 5.93. The van der Waals surface area contributed by atoms with Gasteiger partial charge in [0.25, 0.3) is 0 Å². The molecule has 1 aromatic rings. The Balaban J connectivity index is 2.10. The zero-order chi connectivity index (χ0) is 11.7. The van der Waals surface area contributed by atoms with Crippen LogP contribution in [0.2, 0.25) is 0 Å². The lowest BCUT2D eigenvalue weighted by molar-refractivity contribution is 0.440. The Morgan fingerprint density at radius 3 is 2.81 bits per heavy atom. The van der Waals surface area contributed by atoms with Crippen molar-refractivity contribution in [2.24, 2.45) is 11.8 Å². The summed E-state index contributed by atoms with van der Waals surface area (Å²) in [4.78, 5) is 8.32. The smallest absolute Gasteiger partial charge is 0.106 e. The molecule has 2 heteroatoms. The van der Waals surface area contributed by atoms with Crippen LogP contribution in [0.5, 0.6) is 0 Å². The number of imidazole rings is 1. The molecule has 90 valence electrons. The minimum absolute atomic E-state index is 0.641. The topological polar surface area (TPSA) is 28.7 Å². The molecule has 0 bridgehead atoms. The summed E-state index contributed by atoms with van der Waals surface area (Å²) in [6, 6.07) is 0. The highest BCUT2D eigenvalue weighted by Crippen LogP contribution is 2.32. The van der Waals surface area contributed by atoms with Gasteiger partial charge in [0.05, 0.1) is 5.69 Å². The molecule has 1 heterocycles. The summed E-state index contributed by atoms with van der Waals surface area (Å²) >= 11 is 0. The van der Waals surface area contributed by atoms with Gasteiger partial charge in [0.15, 0.2) is 0 Å². The fourth-order valence-electron chi connectivity index (χ4n) is 2.73. The first kappa shape index (κ1) is 11.7. The summed E-state index contributed by atoms with van der Waals surface area (Å²) in [5.74, 6) is 3.42. The largest absolute Gasteiger partial charge is 0.346 e. The van der Waals surface area contributed by atoms with E-state index in [0.717, 1.165) is 18.3 Å². The summed E-state index contributed by atoms with van der Waals surface area (Å²) < 4.78 is 0. The lowest BCUT2D eigenvalue weighted by Gasteiger charge is -2.22. The van der Waals surface area contributed by atoms with Crippen molar-refractivity contribution in [2.75, 3.05) is 0 Å². The third-order valence-corrected chi connectivity index (χ3v) is 3.59. The zero-order valence-corrected chi connectivity index (χ0v) is 11.0. The number of nitrogens with zero attached hydrogens (tertiary/aromatic N) is 1. The predicted molar refractivity (Wildman–Crippen MR) is 67.6 cm³/mol. The van der Waals surface area contributed by atoms with Gasteiger partial charge in [-0.25, -0.2) is 4.98 Å². The minimum atomic E-state index is 0.641. The van der Waals surface area contributed by atoms with Crippen molar-refractivity contribution in [1.82, 2.24) is 9.97 Å². The second-order valence-corrected chi connectivity index (χ2v) is 5.93. The molecule has 2 unspecified atom stereocenters. The summed E-state index contributed by atoms with van der Waals surface area (Å²) in [6.45, 7) is 9.19. The molecule has 0 spiro atoms. The van der Waals surface area contributed by atoms with E-state index in [9.17, 15) is 0 Å². The van der Waals surface area contributed by atoms with Gasteiger partial charge >= 0.3 is 0 Å². The van der Waals surface area contributed by atoms with Gasteiger partial charge < -0.3 is 4.98 Å². The van der Waals surface area contributed by atoms with Crippen molar-refractivity contribution in [3.63, 3.8) is 0 Å². The Morgan fingerprint density at radius 2 is 2.12 bits per heavy atom. The van der Waals surface area contributed by atoms with Crippen molar-refractivity contribution in [2.45, 2.75) is 59.3 Å². The number of fused-ring (bicyclic) bond motifs is 1. The van der Waals surface area contributed by atoms with E-state index in [-0.39, 0.29) is 0 Å². The van der Waals surface area contributed by atoms with Crippen molar-refractivity contribution in [3.8, 4) is 0 Å². The van der Waals surface area contributed by atoms with E-state index >= 15 is 0 Å². The van der Waals surface area contributed by atoms with Gasteiger partial charge in [-0.3, -0.25) is 0 Å². The first-order valence-corrected chi connectivity index (χ1v) is 6.64. The molecule has 0 fully saturated rings. The molecule has 0 saturated carbocycles. The summed E-state index contributed by atoms with van der Waals surface area (Å²) in [5.41, 5.74) is 2.75. The maximum atomic E-state index is 4.78. The van der Waals surface area contributed by atoms with Gasteiger partial charge in [-0.15, -0.1) is 0 Å². The van der Waals surface area contributed by atoms with Crippen LogP contribution < -0.4 is 0 Å². The fraction of sp³-hybridized carbons (Fsp3) is 0.786. The Labute approximate surface area is 98.9 Å². The van der Waals surface area contributed by atoms with E-state index in [2.05, 4.69) is 32.7 Å². The molecular weight excluding hydrogens is 196 g/mol. The van der Waals surface area contributed by atoms with Gasteiger partial charge in [-0.05, 0) is 31.1 Å². The first-order chi connectivity index (χ1) is 7.56. The average molecular weight is 220 g/mol. The van der Waals surface area contributed by atoms with Crippen LogP contribution in [0.4, 0.5) is 0 Å². The summed E-state index contributed by atoms with van der Waals surface area (Å²) in [7, 11) is 0. The van der Waals surface area contributed by atoms with Gasteiger partial charge in [0, 0.05) is 18.0 Å². The van der Waals surface area contributed by atoms with Crippen LogP contribution in [0.15, 0.2) is 0 Å². The minimum Gasteiger partial charge on any atom is -0.346 e. The van der Waals surface area contributed by atoms with Crippen LogP contribution >= 0.6 is 0 Å². The Kier molecular flexibility index (Phi) is 3.36. The molecule has 0 radical (unpaired) electrons. The highest BCUT2D eigenvalue weighted by molar-refractivity contribution is 5.22. The van der Waals surface area contributed by atoms with Crippen LogP contribution in [0.1, 0.15) is 63.7 Å². The van der Waals surface area contributed by atoms with E-state index in [1.54, 1.807) is 0 Å². The number of hydrogen-bond acceptors (Lipinski definition) is 1.